The smallest absolute Gasteiger partial charge is 0.309 e. The van der Waals surface area contributed by atoms with Crippen LogP contribution < -0.4 is 0 Å². The fourth-order valence-electron chi connectivity index (χ4n) is 8.95. The van der Waals surface area contributed by atoms with Gasteiger partial charge >= 0.3 is 5.97 Å². The Morgan fingerprint density at radius 1 is 0.912 bits per heavy atom. The molecule has 4 fully saturated rings. The minimum absolute atomic E-state index is 0.00827. The third-order valence-corrected chi connectivity index (χ3v) is 11.5. The van der Waals surface area contributed by atoms with Crippen LogP contribution in [0.15, 0.2) is 0 Å². The normalized spacial score (nSPS) is 48.1. The van der Waals surface area contributed by atoms with E-state index in [1.807, 2.05) is 6.92 Å². The summed E-state index contributed by atoms with van der Waals surface area (Å²) in [4.78, 5) is 13.0. The van der Waals surface area contributed by atoms with Gasteiger partial charge in [0.2, 0.25) is 0 Å². The third-order valence-electron chi connectivity index (χ3n) is 11.5. The number of ether oxygens (including phenoxy) is 1. The predicted octanol–water partition coefficient (Wildman–Crippen LogP) is 3.39. The first kappa shape index (κ1) is 26.4. The molecule has 13 atom stereocenters. The summed E-state index contributed by atoms with van der Waals surface area (Å²) >= 11 is 0. The van der Waals surface area contributed by atoms with Gasteiger partial charge in [-0.05, 0) is 90.8 Å². The Hall–Kier alpha value is -0.690. The largest absolute Gasteiger partial charge is 0.465 e. The number of aliphatic hydroxyl groups excluding tert-OH is 4. The van der Waals surface area contributed by atoms with Crippen molar-refractivity contribution in [1.29, 1.82) is 0 Å². The van der Waals surface area contributed by atoms with Crippen molar-refractivity contribution < 1.29 is 30.0 Å². The number of esters is 1. The van der Waals surface area contributed by atoms with Gasteiger partial charge in [0, 0.05) is 0 Å². The second kappa shape index (κ2) is 9.32. The molecule has 6 heteroatoms. The van der Waals surface area contributed by atoms with Gasteiger partial charge in [0.05, 0.1) is 36.9 Å². The molecule has 3 saturated carbocycles. The van der Waals surface area contributed by atoms with E-state index in [4.69, 9.17) is 4.74 Å². The van der Waals surface area contributed by atoms with Crippen LogP contribution in [0.2, 0.25) is 0 Å². The molecule has 0 bridgehead atoms. The van der Waals surface area contributed by atoms with E-state index in [1.54, 1.807) is 0 Å². The molecule has 0 aromatic carbocycles. The van der Waals surface area contributed by atoms with Crippen LogP contribution >= 0.6 is 0 Å². The first-order valence-corrected chi connectivity index (χ1v) is 13.7. The van der Waals surface area contributed by atoms with Crippen LogP contribution in [-0.2, 0) is 9.53 Å². The van der Waals surface area contributed by atoms with Crippen LogP contribution in [0.1, 0.15) is 80.1 Å². The first-order valence-electron chi connectivity index (χ1n) is 13.7. The number of aliphatic hydroxyl groups is 4. The topological polar surface area (TPSA) is 107 Å². The maximum Gasteiger partial charge on any atom is 0.309 e. The average molecular weight is 481 g/mol. The first-order chi connectivity index (χ1) is 15.8. The van der Waals surface area contributed by atoms with Crippen LogP contribution in [0.3, 0.4) is 0 Å². The van der Waals surface area contributed by atoms with E-state index in [0.717, 1.165) is 25.7 Å². The molecule has 1 saturated heterocycles. The Labute approximate surface area is 205 Å². The Balaban J connectivity index is 1.58. The molecule has 6 nitrogen and oxygen atoms in total. The highest BCUT2D eigenvalue weighted by Gasteiger charge is 2.63. The van der Waals surface area contributed by atoms with Crippen LogP contribution in [0.25, 0.3) is 0 Å². The number of rotatable bonds is 5. The molecule has 1 heterocycles. The summed E-state index contributed by atoms with van der Waals surface area (Å²) in [6.07, 6.45) is 1.61. The molecule has 1 unspecified atom stereocenters. The van der Waals surface area contributed by atoms with Gasteiger partial charge in [-0.1, -0.05) is 41.5 Å². The molecule has 1 aliphatic heterocycles. The number of fused-ring (bicyclic) bond motifs is 5. The summed E-state index contributed by atoms with van der Waals surface area (Å²) in [7, 11) is 0. The maximum absolute atomic E-state index is 13.0. The zero-order chi connectivity index (χ0) is 25.2. The van der Waals surface area contributed by atoms with E-state index in [2.05, 4.69) is 34.6 Å². The Bertz CT molecular complexity index is 755. The maximum atomic E-state index is 13.0. The van der Waals surface area contributed by atoms with Gasteiger partial charge in [0.1, 0.15) is 0 Å². The van der Waals surface area contributed by atoms with Crippen molar-refractivity contribution in [2.45, 2.75) is 104 Å². The molecule has 0 radical (unpaired) electrons. The molecule has 4 N–H and O–H groups in total. The molecule has 0 amide bonds. The molecule has 4 rings (SSSR count). The molecule has 0 aromatic heterocycles. The molecular formula is C28H48O6. The lowest BCUT2D eigenvalue weighted by atomic mass is 9.48. The Kier molecular flexibility index (Phi) is 7.23. The van der Waals surface area contributed by atoms with Gasteiger partial charge in [0.25, 0.3) is 0 Å². The van der Waals surface area contributed by atoms with Crippen molar-refractivity contribution in [3.05, 3.63) is 0 Å². The SMILES string of the molecule is CC(C)[C@@H](C)[C@@H](O)[C@H](O)[C@@H](C)[C@H]1CCC2[C@@H]3COC(=O)[C@H]4C[C@H](O)[C@H](O)C[C@]4(C)[C@H]3CC[C@@]21C. The number of carbonyl (C=O) groups is 1. The predicted molar refractivity (Wildman–Crippen MR) is 130 cm³/mol. The molecule has 196 valence electrons. The monoisotopic (exact) mass is 480 g/mol. The van der Waals surface area contributed by atoms with E-state index in [1.165, 1.54) is 0 Å². The number of hydrogen-bond donors (Lipinski definition) is 4. The molecule has 0 spiro atoms. The van der Waals surface area contributed by atoms with Gasteiger partial charge in [0.15, 0.2) is 0 Å². The van der Waals surface area contributed by atoms with Crippen molar-refractivity contribution in [2.75, 3.05) is 6.61 Å². The summed E-state index contributed by atoms with van der Waals surface area (Å²) < 4.78 is 5.86. The summed E-state index contributed by atoms with van der Waals surface area (Å²) in [6.45, 7) is 13.2. The Morgan fingerprint density at radius 2 is 1.56 bits per heavy atom. The van der Waals surface area contributed by atoms with Gasteiger partial charge in [-0.3, -0.25) is 4.79 Å². The number of hydrogen-bond acceptors (Lipinski definition) is 6. The molecule has 4 aliphatic rings. The summed E-state index contributed by atoms with van der Waals surface area (Å²) in [6, 6.07) is 0. The highest BCUT2D eigenvalue weighted by Crippen LogP contribution is 2.66. The minimum atomic E-state index is -0.867. The molecule has 3 aliphatic carbocycles. The molecular weight excluding hydrogens is 432 g/mol. The van der Waals surface area contributed by atoms with Crippen molar-refractivity contribution in [3.63, 3.8) is 0 Å². The van der Waals surface area contributed by atoms with Crippen molar-refractivity contribution in [2.24, 2.45) is 58.2 Å². The molecule has 34 heavy (non-hydrogen) atoms. The van der Waals surface area contributed by atoms with E-state index < -0.39 is 24.4 Å². The standard InChI is InChI=1S/C28H48O6/c1-14(2)15(3)24(31)25(32)16(4)18-7-8-19-17-13-34-26(33)21-11-22(29)23(30)12-28(21,6)20(17)9-10-27(18,19)5/h14-25,29-32H,7-13H2,1-6H3/t15-,16+,17+,18-,19?,20+,21-,22+,23-,24-,25-,27-,28-/m1/s1. The second-order valence-corrected chi connectivity index (χ2v) is 13.3. The highest BCUT2D eigenvalue weighted by atomic mass is 16.5. The van der Waals surface area contributed by atoms with Gasteiger partial charge in [-0.2, -0.15) is 0 Å². The lowest BCUT2D eigenvalue weighted by molar-refractivity contribution is -0.162. The van der Waals surface area contributed by atoms with E-state index in [-0.39, 0.29) is 52.8 Å². The molecule has 0 aromatic rings. The van der Waals surface area contributed by atoms with Gasteiger partial charge in [-0.25, -0.2) is 0 Å². The lowest BCUT2D eigenvalue weighted by Crippen LogP contribution is -2.55. The van der Waals surface area contributed by atoms with Crippen LogP contribution in [0, 0.1) is 58.2 Å². The highest BCUT2D eigenvalue weighted by molar-refractivity contribution is 5.74. The summed E-state index contributed by atoms with van der Waals surface area (Å²) in [5, 5.41) is 42.9. The number of carbonyl (C=O) groups excluding carboxylic acids is 1. The lowest BCUT2D eigenvalue weighted by Gasteiger charge is -2.56. The van der Waals surface area contributed by atoms with E-state index in [0.29, 0.717) is 30.8 Å². The van der Waals surface area contributed by atoms with E-state index in [9.17, 15) is 25.2 Å². The summed E-state index contributed by atoms with van der Waals surface area (Å²) in [5.74, 6) is 0.948. The number of cyclic esters (lactones) is 1. The minimum Gasteiger partial charge on any atom is -0.465 e. The van der Waals surface area contributed by atoms with Crippen LogP contribution in [-0.4, -0.2) is 57.4 Å². The summed E-state index contributed by atoms with van der Waals surface area (Å²) in [5.41, 5.74) is -0.345. The van der Waals surface area contributed by atoms with Crippen molar-refractivity contribution in [1.82, 2.24) is 0 Å². The third kappa shape index (κ3) is 4.05. The van der Waals surface area contributed by atoms with Crippen LogP contribution in [0.4, 0.5) is 0 Å². The van der Waals surface area contributed by atoms with Gasteiger partial charge < -0.3 is 25.2 Å². The zero-order valence-corrected chi connectivity index (χ0v) is 22.0. The second-order valence-electron chi connectivity index (χ2n) is 13.3. The average Bonchev–Trinajstić information content (AvgIpc) is 3.09. The fraction of sp³-hybridized carbons (Fsp3) is 0.964. The quantitative estimate of drug-likeness (QED) is 0.450. The van der Waals surface area contributed by atoms with Crippen LogP contribution in [0.5, 0.6) is 0 Å². The van der Waals surface area contributed by atoms with Crippen molar-refractivity contribution in [3.8, 4) is 0 Å². The fourth-order valence-corrected chi connectivity index (χ4v) is 8.95. The van der Waals surface area contributed by atoms with E-state index >= 15 is 0 Å². The van der Waals surface area contributed by atoms with Gasteiger partial charge in [-0.15, -0.1) is 0 Å². The zero-order valence-electron chi connectivity index (χ0n) is 22.0. The Morgan fingerprint density at radius 3 is 2.21 bits per heavy atom. The van der Waals surface area contributed by atoms with Crippen molar-refractivity contribution >= 4 is 5.97 Å².